The van der Waals surface area contributed by atoms with E-state index in [-0.39, 0.29) is 5.57 Å². The molecule has 0 heterocycles. The Morgan fingerprint density at radius 3 is 2.38 bits per heavy atom. The summed E-state index contributed by atoms with van der Waals surface area (Å²) in [6.07, 6.45) is 4.79. The summed E-state index contributed by atoms with van der Waals surface area (Å²) in [5, 5.41) is 0. The molecule has 5 nitrogen and oxygen atoms in total. The van der Waals surface area contributed by atoms with Gasteiger partial charge in [0.05, 0.1) is 5.56 Å². The highest BCUT2D eigenvalue weighted by molar-refractivity contribution is 5.89. The fourth-order valence-corrected chi connectivity index (χ4v) is 1.98. The third kappa shape index (κ3) is 7.92. The smallest absolute Gasteiger partial charge is 0.373 e. The van der Waals surface area contributed by atoms with Crippen molar-refractivity contribution in [2.75, 3.05) is 0 Å². The van der Waals surface area contributed by atoms with Gasteiger partial charge in [0.2, 0.25) is 6.29 Å². The molecule has 0 spiro atoms. The standard InChI is InChI=1S/C19H26O5/c1-4-5-6-7-11-14-17(22-18(20)15(2)3)23-24-19(21)16-12-9-8-10-13-16/h8-10,12-13,17H,2,4-7,11,14H2,1,3H3. The van der Waals surface area contributed by atoms with E-state index >= 15 is 0 Å². The number of rotatable bonds is 11. The number of hydrogen-bond acceptors (Lipinski definition) is 5. The second-order valence-corrected chi connectivity index (χ2v) is 5.65. The van der Waals surface area contributed by atoms with Crippen LogP contribution in [0.15, 0.2) is 42.5 Å². The predicted molar refractivity (Wildman–Crippen MR) is 91.0 cm³/mol. The summed E-state index contributed by atoms with van der Waals surface area (Å²) < 4.78 is 5.17. The Balaban J connectivity index is 2.49. The van der Waals surface area contributed by atoms with Gasteiger partial charge in [-0.15, -0.1) is 4.89 Å². The Kier molecular flexibility index (Phi) is 9.46. The highest BCUT2D eigenvalue weighted by atomic mass is 17.2. The lowest BCUT2D eigenvalue weighted by Gasteiger charge is -2.16. The van der Waals surface area contributed by atoms with Gasteiger partial charge in [-0.1, -0.05) is 57.4 Å². The van der Waals surface area contributed by atoms with Crippen molar-refractivity contribution < 1.29 is 24.1 Å². The molecule has 0 aromatic heterocycles. The Morgan fingerprint density at radius 2 is 1.75 bits per heavy atom. The molecule has 1 unspecified atom stereocenters. The van der Waals surface area contributed by atoms with Crippen LogP contribution in [0.25, 0.3) is 0 Å². The van der Waals surface area contributed by atoms with Crippen LogP contribution in [0.5, 0.6) is 0 Å². The maximum Gasteiger partial charge on any atom is 0.373 e. The SMILES string of the molecule is C=C(C)C(=O)OC(CCCCCCC)OOC(=O)c1ccccc1. The van der Waals surface area contributed by atoms with Crippen molar-refractivity contribution in [3.8, 4) is 0 Å². The topological polar surface area (TPSA) is 61.8 Å². The van der Waals surface area contributed by atoms with Crippen molar-refractivity contribution in [2.24, 2.45) is 0 Å². The van der Waals surface area contributed by atoms with Gasteiger partial charge < -0.3 is 4.74 Å². The Bertz CT molecular complexity index is 524. The summed E-state index contributed by atoms with van der Waals surface area (Å²) in [5.74, 6) is -1.19. The highest BCUT2D eigenvalue weighted by Crippen LogP contribution is 2.13. The number of unbranched alkanes of at least 4 members (excludes halogenated alkanes) is 4. The molecule has 132 valence electrons. The van der Waals surface area contributed by atoms with E-state index in [4.69, 9.17) is 14.5 Å². The molecular weight excluding hydrogens is 308 g/mol. The molecule has 0 bridgehead atoms. The van der Waals surface area contributed by atoms with Crippen molar-refractivity contribution in [3.63, 3.8) is 0 Å². The molecule has 0 radical (unpaired) electrons. The third-order valence-corrected chi connectivity index (χ3v) is 3.37. The summed E-state index contributed by atoms with van der Waals surface area (Å²) in [6, 6.07) is 8.48. The van der Waals surface area contributed by atoms with E-state index in [2.05, 4.69) is 13.5 Å². The minimum Gasteiger partial charge on any atom is -0.428 e. The Morgan fingerprint density at radius 1 is 1.08 bits per heavy atom. The van der Waals surface area contributed by atoms with Crippen molar-refractivity contribution in [2.45, 2.75) is 58.7 Å². The quantitative estimate of drug-likeness (QED) is 0.148. The molecule has 0 amide bonds. The number of ether oxygens (including phenoxy) is 1. The van der Waals surface area contributed by atoms with Gasteiger partial charge in [0.25, 0.3) is 0 Å². The first-order chi connectivity index (χ1) is 11.5. The zero-order chi connectivity index (χ0) is 17.8. The molecule has 0 saturated carbocycles. The molecule has 0 fully saturated rings. The molecule has 1 aromatic rings. The van der Waals surface area contributed by atoms with E-state index in [0.29, 0.717) is 12.0 Å². The predicted octanol–water partition coefficient (Wildman–Crippen LogP) is 4.58. The van der Waals surface area contributed by atoms with Crippen LogP contribution in [0.1, 0.15) is 62.7 Å². The summed E-state index contributed by atoms with van der Waals surface area (Å²) in [7, 11) is 0. The van der Waals surface area contributed by atoms with E-state index < -0.39 is 18.2 Å². The van der Waals surface area contributed by atoms with Crippen LogP contribution in [0.3, 0.4) is 0 Å². The van der Waals surface area contributed by atoms with E-state index in [1.807, 2.05) is 0 Å². The van der Waals surface area contributed by atoms with E-state index in [0.717, 1.165) is 25.7 Å². The molecule has 1 rings (SSSR count). The normalized spacial score (nSPS) is 11.6. The minimum absolute atomic E-state index is 0.268. The van der Waals surface area contributed by atoms with Crippen LogP contribution < -0.4 is 0 Å². The van der Waals surface area contributed by atoms with Crippen LogP contribution in [0, 0.1) is 0 Å². The number of carbonyl (C=O) groups is 2. The third-order valence-electron chi connectivity index (χ3n) is 3.37. The molecule has 1 atom stereocenters. The molecule has 1 aromatic carbocycles. The maximum absolute atomic E-state index is 11.9. The Labute approximate surface area is 143 Å². The molecule has 24 heavy (non-hydrogen) atoms. The molecule has 0 aliphatic heterocycles. The van der Waals surface area contributed by atoms with Crippen LogP contribution in [-0.2, 0) is 19.3 Å². The molecular formula is C19H26O5. The first kappa shape index (κ1) is 19.9. The molecule has 0 saturated heterocycles. The average molecular weight is 334 g/mol. The first-order valence-electron chi connectivity index (χ1n) is 8.33. The van der Waals surface area contributed by atoms with Gasteiger partial charge in [0.15, 0.2) is 0 Å². The van der Waals surface area contributed by atoms with E-state index in [1.165, 1.54) is 6.42 Å². The lowest BCUT2D eigenvalue weighted by atomic mass is 10.1. The summed E-state index contributed by atoms with van der Waals surface area (Å²) in [6.45, 7) is 7.23. The van der Waals surface area contributed by atoms with Crippen LogP contribution in [-0.4, -0.2) is 18.2 Å². The van der Waals surface area contributed by atoms with E-state index in [1.54, 1.807) is 37.3 Å². The number of hydrogen-bond donors (Lipinski definition) is 0. The van der Waals surface area contributed by atoms with Crippen molar-refractivity contribution in [1.29, 1.82) is 0 Å². The molecule has 5 heteroatoms. The zero-order valence-electron chi connectivity index (χ0n) is 14.5. The van der Waals surface area contributed by atoms with Gasteiger partial charge in [0.1, 0.15) is 0 Å². The lowest BCUT2D eigenvalue weighted by molar-refractivity contribution is -0.331. The molecule has 0 aliphatic rings. The molecule has 0 aliphatic carbocycles. The van der Waals surface area contributed by atoms with Crippen LogP contribution in [0.4, 0.5) is 0 Å². The van der Waals surface area contributed by atoms with Crippen molar-refractivity contribution in [3.05, 3.63) is 48.0 Å². The molecule has 0 N–H and O–H groups in total. The largest absolute Gasteiger partial charge is 0.428 e. The van der Waals surface area contributed by atoms with Crippen molar-refractivity contribution in [1.82, 2.24) is 0 Å². The number of esters is 1. The van der Waals surface area contributed by atoms with Crippen LogP contribution in [0.2, 0.25) is 0 Å². The van der Waals surface area contributed by atoms with Crippen molar-refractivity contribution >= 4 is 11.9 Å². The van der Waals surface area contributed by atoms with Gasteiger partial charge >= 0.3 is 11.9 Å². The van der Waals surface area contributed by atoms with Gasteiger partial charge in [0, 0.05) is 12.0 Å². The maximum atomic E-state index is 11.9. The number of carbonyl (C=O) groups excluding carboxylic acids is 2. The van der Waals surface area contributed by atoms with Gasteiger partial charge in [-0.05, 0) is 25.5 Å². The second kappa shape index (κ2) is 11.4. The fraction of sp³-hybridized carbons (Fsp3) is 0.474. The summed E-state index contributed by atoms with van der Waals surface area (Å²) >= 11 is 0. The van der Waals surface area contributed by atoms with Gasteiger partial charge in [-0.2, -0.15) is 0 Å². The minimum atomic E-state index is -0.927. The van der Waals surface area contributed by atoms with Crippen LogP contribution >= 0.6 is 0 Å². The Hall–Kier alpha value is -2.14. The van der Waals surface area contributed by atoms with E-state index in [9.17, 15) is 9.59 Å². The monoisotopic (exact) mass is 334 g/mol. The summed E-state index contributed by atoms with van der Waals surface area (Å²) in [5.41, 5.74) is 0.634. The highest BCUT2D eigenvalue weighted by Gasteiger charge is 2.19. The fourth-order valence-electron chi connectivity index (χ4n) is 1.98. The number of benzene rings is 1. The lowest BCUT2D eigenvalue weighted by Crippen LogP contribution is -2.23. The first-order valence-corrected chi connectivity index (χ1v) is 8.33. The zero-order valence-corrected chi connectivity index (χ0v) is 14.5. The summed E-state index contributed by atoms with van der Waals surface area (Å²) in [4.78, 5) is 33.4. The van der Waals surface area contributed by atoms with Gasteiger partial charge in [-0.3, -0.25) is 4.89 Å². The average Bonchev–Trinajstić information content (AvgIpc) is 2.59. The second-order valence-electron chi connectivity index (χ2n) is 5.65. The van der Waals surface area contributed by atoms with Gasteiger partial charge in [-0.25, -0.2) is 9.59 Å².